The molecule has 1 aliphatic rings. The monoisotopic (exact) mass is 285 g/mol. The summed E-state index contributed by atoms with van der Waals surface area (Å²) in [5.74, 6) is -0.0470. The standard InChI is InChI=1S/C13H13Cl2NO2/c14-11-2-1-3-12(15)10(11)4-5-13(17)16-6-8-18-9-7-16/h1-5H,6-9H2/b5-4+. The Morgan fingerprint density at radius 2 is 1.83 bits per heavy atom. The van der Waals surface area contributed by atoms with E-state index >= 15 is 0 Å². The minimum absolute atomic E-state index is 0.0470. The molecule has 0 atom stereocenters. The van der Waals surface area contributed by atoms with E-state index in [1.54, 1.807) is 29.2 Å². The van der Waals surface area contributed by atoms with E-state index in [4.69, 9.17) is 27.9 Å². The minimum Gasteiger partial charge on any atom is -0.378 e. The zero-order valence-electron chi connectivity index (χ0n) is 9.73. The Kier molecular flexibility index (Phi) is 4.64. The van der Waals surface area contributed by atoms with E-state index in [9.17, 15) is 4.79 Å². The van der Waals surface area contributed by atoms with E-state index in [0.29, 0.717) is 41.9 Å². The Morgan fingerprint density at radius 1 is 1.22 bits per heavy atom. The van der Waals surface area contributed by atoms with Crippen molar-refractivity contribution < 1.29 is 9.53 Å². The van der Waals surface area contributed by atoms with Crippen molar-refractivity contribution in [2.45, 2.75) is 0 Å². The SMILES string of the molecule is O=C(/C=C/c1c(Cl)cccc1Cl)N1CCOCC1. The second-order valence-corrected chi connectivity index (χ2v) is 4.72. The summed E-state index contributed by atoms with van der Waals surface area (Å²) >= 11 is 12.0. The highest BCUT2D eigenvalue weighted by Gasteiger charge is 2.14. The Balaban J connectivity index is 2.08. The molecule has 0 saturated carbocycles. The third kappa shape index (κ3) is 3.25. The van der Waals surface area contributed by atoms with E-state index in [1.165, 1.54) is 6.08 Å². The van der Waals surface area contributed by atoms with Crippen LogP contribution in [-0.2, 0) is 9.53 Å². The number of hydrogen-bond donors (Lipinski definition) is 0. The maximum atomic E-state index is 11.9. The quantitative estimate of drug-likeness (QED) is 0.782. The van der Waals surface area contributed by atoms with Crippen molar-refractivity contribution in [3.8, 4) is 0 Å². The summed E-state index contributed by atoms with van der Waals surface area (Å²) in [6, 6.07) is 5.25. The highest BCUT2D eigenvalue weighted by Crippen LogP contribution is 2.25. The van der Waals surface area contributed by atoms with E-state index in [0.717, 1.165) is 0 Å². The van der Waals surface area contributed by atoms with Crippen LogP contribution >= 0.6 is 23.2 Å². The Labute approximate surface area is 116 Å². The van der Waals surface area contributed by atoms with Crippen molar-refractivity contribution >= 4 is 35.2 Å². The normalized spacial score (nSPS) is 16.2. The number of amides is 1. The molecule has 0 spiro atoms. The zero-order valence-corrected chi connectivity index (χ0v) is 11.2. The first-order chi connectivity index (χ1) is 8.68. The van der Waals surface area contributed by atoms with Crippen molar-refractivity contribution in [2.75, 3.05) is 26.3 Å². The number of carbonyl (C=O) groups is 1. The van der Waals surface area contributed by atoms with Gasteiger partial charge in [0.05, 0.1) is 13.2 Å². The second-order valence-electron chi connectivity index (χ2n) is 3.91. The fourth-order valence-electron chi connectivity index (χ4n) is 1.71. The van der Waals surface area contributed by atoms with Gasteiger partial charge >= 0.3 is 0 Å². The first-order valence-electron chi connectivity index (χ1n) is 5.67. The molecule has 96 valence electrons. The molecule has 3 nitrogen and oxygen atoms in total. The number of ether oxygens (including phenoxy) is 1. The molecule has 0 aliphatic carbocycles. The molecule has 1 aromatic rings. The van der Waals surface area contributed by atoms with Crippen molar-refractivity contribution in [3.63, 3.8) is 0 Å². The maximum absolute atomic E-state index is 11.9. The second kappa shape index (κ2) is 6.23. The lowest BCUT2D eigenvalue weighted by Gasteiger charge is -2.25. The maximum Gasteiger partial charge on any atom is 0.246 e. The number of nitrogens with zero attached hydrogens (tertiary/aromatic N) is 1. The molecule has 1 aliphatic heterocycles. The topological polar surface area (TPSA) is 29.5 Å². The fraction of sp³-hybridized carbons (Fsp3) is 0.308. The van der Waals surface area contributed by atoms with Crippen LogP contribution in [0.15, 0.2) is 24.3 Å². The van der Waals surface area contributed by atoms with E-state index in [-0.39, 0.29) is 5.91 Å². The molecule has 2 rings (SSSR count). The van der Waals surface area contributed by atoms with Crippen LogP contribution in [-0.4, -0.2) is 37.1 Å². The van der Waals surface area contributed by atoms with Gasteiger partial charge in [0.25, 0.3) is 0 Å². The van der Waals surface area contributed by atoms with Crippen LogP contribution in [0.25, 0.3) is 6.08 Å². The Bertz CT molecular complexity index is 448. The molecular weight excluding hydrogens is 273 g/mol. The number of carbonyl (C=O) groups excluding carboxylic acids is 1. The third-order valence-corrected chi connectivity index (χ3v) is 3.37. The molecule has 1 aromatic carbocycles. The molecule has 1 fully saturated rings. The van der Waals surface area contributed by atoms with Gasteiger partial charge in [0.1, 0.15) is 0 Å². The van der Waals surface area contributed by atoms with Gasteiger partial charge in [0.15, 0.2) is 0 Å². The molecule has 0 N–H and O–H groups in total. The van der Waals surface area contributed by atoms with Gasteiger partial charge in [0.2, 0.25) is 5.91 Å². The van der Waals surface area contributed by atoms with Crippen LogP contribution in [0.2, 0.25) is 10.0 Å². The molecule has 0 aromatic heterocycles. The van der Waals surface area contributed by atoms with Crippen LogP contribution in [0.3, 0.4) is 0 Å². The lowest BCUT2D eigenvalue weighted by molar-refractivity contribution is -0.129. The summed E-state index contributed by atoms with van der Waals surface area (Å²) in [6.45, 7) is 2.43. The lowest BCUT2D eigenvalue weighted by Crippen LogP contribution is -2.39. The first-order valence-corrected chi connectivity index (χ1v) is 6.43. The first kappa shape index (κ1) is 13.4. The Hall–Kier alpha value is -1.03. The summed E-state index contributed by atoms with van der Waals surface area (Å²) < 4.78 is 5.19. The molecule has 0 unspecified atom stereocenters. The molecule has 5 heteroatoms. The van der Waals surface area contributed by atoms with Gasteiger partial charge in [-0.15, -0.1) is 0 Å². The average Bonchev–Trinajstić information content (AvgIpc) is 2.39. The lowest BCUT2D eigenvalue weighted by atomic mass is 10.2. The number of morpholine rings is 1. The molecular formula is C13H13Cl2NO2. The predicted octanol–water partition coefficient (Wildman–Crippen LogP) is 2.87. The van der Waals surface area contributed by atoms with E-state index in [2.05, 4.69) is 0 Å². The predicted molar refractivity (Wildman–Crippen MR) is 72.9 cm³/mol. The molecule has 1 saturated heterocycles. The van der Waals surface area contributed by atoms with Crippen LogP contribution < -0.4 is 0 Å². The summed E-state index contributed by atoms with van der Waals surface area (Å²) in [7, 11) is 0. The number of hydrogen-bond acceptors (Lipinski definition) is 2. The van der Waals surface area contributed by atoms with E-state index in [1.807, 2.05) is 0 Å². The molecule has 1 amide bonds. The largest absolute Gasteiger partial charge is 0.378 e. The molecule has 0 bridgehead atoms. The van der Waals surface area contributed by atoms with Gasteiger partial charge in [-0.2, -0.15) is 0 Å². The fourth-order valence-corrected chi connectivity index (χ4v) is 2.24. The van der Waals surface area contributed by atoms with Crippen LogP contribution in [0.5, 0.6) is 0 Å². The van der Waals surface area contributed by atoms with Crippen molar-refractivity contribution in [3.05, 3.63) is 39.9 Å². The summed E-state index contributed by atoms with van der Waals surface area (Å²) in [5, 5.41) is 1.07. The average molecular weight is 286 g/mol. The molecule has 18 heavy (non-hydrogen) atoms. The number of halogens is 2. The van der Waals surface area contributed by atoms with Crippen LogP contribution in [0.4, 0.5) is 0 Å². The summed E-state index contributed by atoms with van der Waals surface area (Å²) in [5.41, 5.74) is 0.669. The van der Waals surface area contributed by atoms with Crippen molar-refractivity contribution in [1.82, 2.24) is 4.90 Å². The smallest absolute Gasteiger partial charge is 0.246 e. The van der Waals surface area contributed by atoms with Gasteiger partial charge in [-0.1, -0.05) is 29.3 Å². The number of benzene rings is 1. The third-order valence-electron chi connectivity index (χ3n) is 2.72. The molecule has 0 radical (unpaired) electrons. The zero-order chi connectivity index (χ0) is 13.0. The Morgan fingerprint density at radius 3 is 2.44 bits per heavy atom. The molecule has 1 heterocycles. The summed E-state index contributed by atoms with van der Waals surface area (Å²) in [6.07, 6.45) is 3.15. The van der Waals surface area contributed by atoms with Gasteiger partial charge < -0.3 is 9.64 Å². The minimum atomic E-state index is -0.0470. The van der Waals surface area contributed by atoms with Crippen LogP contribution in [0, 0.1) is 0 Å². The van der Waals surface area contributed by atoms with Gasteiger partial charge in [-0.3, -0.25) is 4.79 Å². The highest BCUT2D eigenvalue weighted by atomic mass is 35.5. The number of rotatable bonds is 2. The van der Waals surface area contributed by atoms with Crippen molar-refractivity contribution in [1.29, 1.82) is 0 Å². The summed E-state index contributed by atoms with van der Waals surface area (Å²) in [4.78, 5) is 13.6. The highest BCUT2D eigenvalue weighted by molar-refractivity contribution is 6.37. The van der Waals surface area contributed by atoms with Crippen molar-refractivity contribution in [2.24, 2.45) is 0 Å². The van der Waals surface area contributed by atoms with Gasteiger partial charge in [-0.25, -0.2) is 0 Å². The van der Waals surface area contributed by atoms with E-state index < -0.39 is 0 Å². The van der Waals surface area contributed by atoms with Gasteiger partial charge in [0, 0.05) is 34.8 Å². The van der Waals surface area contributed by atoms with Crippen LogP contribution in [0.1, 0.15) is 5.56 Å². The van der Waals surface area contributed by atoms with Gasteiger partial charge in [-0.05, 0) is 18.2 Å².